The molecule has 4 aliphatic rings. The van der Waals surface area contributed by atoms with Gasteiger partial charge in [-0.1, -0.05) is 29.3 Å². The number of halogens is 2. The van der Waals surface area contributed by atoms with E-state index in [1.807, 2.05) is 0 Å². The van der Waals surface area contributed by atoms with E-state index in [9.17, 15) is 18.0 Å². The third-order valence-electron chi connectivity index (χ3n) is 6.73. The summed E-state index contributed by atoms with van der Waals surface area (Å²) in [4.78, 5) is 25.1. The third-order valence-corrected chi connectivity index (χ3v) is 9.23. The van der Waals surface area contributed by atoms with Crippen LogP contribution in [0.15, 0.2) is 23.1 Å². The molecular weight excluding hydrogens is 449 g/mol. The Kier molecular flexibility index (Phi) is 5.81. The summed E-state index contributed by atoms with van der Waals surface area (Å²) in [6.45, 7) is 1.38. The lowest BCUT2D eigenvalue weighted by molar-refractivity contribution is -0.149. The number of carbonyl (C=O) groups excluding carboxylic acids is 2. The van der Waals surface area contributed by atoms with Crippen molar-refractivity contribution in [3.63, 3.8) is 0 Å². The van der Waals surface area contributed by atoms with Crippen LogP contribution in [0.1, 0.15) is 45.4 Å². The fourth-order valence-corrected chi connectivity index (χ4v) is 8.18. The topological polar surface area (TPSA) is 104 Å². The Labute approximate surface area is 186 Å². The van der Waals surface area contributed by atoms with Crippen molar-refractivity contribution < 1.29 is 18.0 Å². The number of hydrogen-bond acceptors (Lipinski definition) is 4. The molecule has 3 N–H and O–H groups in total. The number of rotatable bonds is 5. The van der Waals surface area contributed by atoms with Gasteiger partial charge in [0.1, 0.15) is 4.90 Å². The van der Waals surface area contributed by atoms with E-state index in [1.165, 1.54) is 44.4 Å². The highest BCUT2D eigenvalue weighted by atomic mass is 35.5. The van der Waals surface area contributed by atoms with E-state index < -0.39 is 27.4 Å². The zero-order chi connectivity index (χ0) is 21.7. The number of amides is 2. The van der Waals surface area contributed by atoms with E-state index in [2.05, 4.69) is 15.6 Å². The highest BCUT2D eigenvalue weighted by Gasteiger charge is 2.54. The molecule has 4 saturated carbocycles. The summed E-state index contributed by atoms with van der Waals surface area (Å²) in [5, 5.41) is -0.0875. The molecule has 1 atom stereocenters. The Morgan fingerprint density at radius 1 is 1.00 bits per heavy atom. The third kappa shape index (κ3) is 4.07. The van der Waals surface area contributed by atoms with E-state index in [0.29, 0.717) is 17.8 Å². The molecule has 4 aliphatic carbocycles. The second-order valence-corrected chi connectivity index (χ2v) is 11.5. The van der Waals surface area contributed by atoms with Crippen LogP contribution in [0.2, 0.25) is 10.0 Å². The van der Waals surface area contributed by atoms with Crippen LogP contribution < -0.4 is 15.6 Å². The summed E-state index contributed by atoms with van der Waals surface area (Å²) >= 11 is 11.9. The standard InChI is InChI=1S/C20H25Cl2N3O4S/c1-11(25-30(28,29)17-15(21)3-2-4-16(17)22)18(26)23-24-19(27)20-8-12-5-13(9-20)7-14(6-12)10-20/h2-4,11-14,25H,5-10H2,1H3,(H,23,26)(H,24,27). The summed E-state index contributed by atoms with van der Waals surface area (Å²) in [6.07, 6.45) is 6.24. The fourth-order valence-electron chi connectivity index (χ4n) is 5.83. The maximum Gasteiger partial charge on any atom is 0.256 e. The van der Waals surface area contributed by atoms with Crippen LogP contribution in [0.4, 0.5) is 0 Å². The highest BCUT2D eigenvalue weighted by Crippen LogP contribution is 2.60. The lowest BCUT2D eigenvalue weighted by Crippen LogP contribution is -2.58. The molecule has 0 heterocycles. The zero-order valence-electron chi connectivity index (χ0n) is 16.6. The smallest absolute Gasteiger partial charge is 0.256 e. The minimum absolute atomic E-state index is 0.0438. The van der Waals surface area contributed by atoms with Crippen molar-refractivity contribution in [3.05, 3.63) is 28.2 Å². The molecule has 0 spiro atoms. The second-order valence-electron chi connectivity index (χ2n) is 9.04. The molecule has 0 aliphatic heterocycles. The summed E-state index contributed by atoms with van der Waals surface area (Å²) in [6, 6.07) is 3.19. The van der Waals surface area contributed by atoms with Gasteiger partial charge >= 0.3 is 0 Å². The van der Waals surface area contributed by atoms with Crippen LogP contribution in [0.25, 0.3) is 0 Å². The summed E-state index contributed by atoms with van der Waals surface area (Å²) in [5.74, 6) is 0.968. The Bertz CT molecular complexity index is 927. The van der Waals surface area contributed by atoms with Gasteiger partial charge in [-0.25, -0.2) is 8.42 Å². The van der Waals surface area contributed by atoms with Crippen LogP contribution in [0.3, 0.4) is 0 Å². The number of carbonyl (C=O) groups is 2. The summed E-state index contributed by atoms with van der Waals surface area (Å²) < 4.78 is 27.5. The van der Waals surface area contributed by atoms with Crippen molar-refractivity contribution in [2.24, 2.45) is 23.2 Å². The van der Waals surface area contributed by atoms with E-state index in [0.717, 1.165) is 19.3 Å². The molecule has 0 saturated heterocycles. The van der Waals surface area contributed by atoms with Gasteiger partial charge in [-0.05, 0) is 75.3 Å². The molecule has 1 aromatic carbocycles. The largest absolute Gasteiger partial charge is 0.273 e. The first-order valence-electron chi connectivity index (χ1n) is 10.2. The molecule has 4 bridgehead atoms. The average molecular weight is 474 g/mol. The van der Waals surface area contributed by atoms with Gasteiger partial charge in [-0.15, -0.1) is 0 Å². The van der Waals surface area contributed by atoms with Gasteiger partial charge in [-0.3, -0.25) is 20.4 Å². The van der Waals surface area contributed by atoms with Gasteiger partial charge in [0.05, 0.1) is 21.5 Å². The molecule has 4 fully saturated rings. The quantitative estimate of drug-likeness (QED) is 0.571. The molecule has 1 unspecified atom stereocenters. The minimum atomic E-state index is -4.13. The summed E-state index contributed by atoms with van der Waals surface area (Å²) in [7, 11) is -4.13. The van der Waals surface area contributed by atoms with E-state index in [-0.39, 0.29) is 20.8 Å². The molecule has 30 heavy (non-hydrogen) atoms. The molecule has 0 radical (unpaired) electrons. The maximum atomic E-state index is 12.9. The fraction of sp³-hybridized carbons (Fsp3) is 0.600. The molecule has 7 nitrogen and oxygen atoms in total. The molecule has 1 aromatic rings. The lowest BCUT2D eigenvalue weighted by Gasteiger charge is -2.55. The van der Waals surface area contributed by atoms with Crippen LogP contribution >= 0.6 is 23.2 Å². The second kappa shape index (κ2) is 7.97. The van der Waals surface area contributed by atoms with Gasteiger partial charge in [0.15, 0.2) is 0 Å². The van der Waals surface area contributed by atoms with Crippen LogP contribution in [0.5, 0.6) is 0 Å². The highest BCUT2D eigenvalue weighted by molar-refractivity contribution is 7.89. The van der Waals surface area contributed by atoms with E-state index in [4.69, 9.17) is 23.2 Å². The molecule has 164 valence electrons. The average Bonchev–Trinajstić information content (AvgIpc) is 2.63. The first-order chi connectivity index (χ1) is 14.1. The number of hydrazine groups is 1. The van der Waals surface area contributed by atoms with Crippen LogP contribution in [-0.4, -0.2) is 26.3 Å². The Morgan fingerprint density at radius 3 is 2.00 bits per heavy atom. The van der Waals surface area contributed by atoms with Crippen molar-refractivity contribution in [1.29, 1.82) is 0 Å². The van der Waals surface area contributed by atoms with E-state index >= 15 is 0 Å². The summed E-state index contributed by atoms with van der Waals surface area (Å²) in [5.41, 5.74) is 4.52. The van der Waals surface area contributed by atoms with Crippen molar-refractivity contribution >= 4 is 45.0 Å². The lowest BCUT2D eigenvalue weighted by atomic mass is 9.49. The first-order valence-corrected chi connectivity index (χ1v) is 12.4. The van der Waals surface area contributed by atoms with Crippen molar-refractivity contribution in [1.82, 2.24) is 15.6 Å². The minimum Gasteiger partial charge on any atom is -0.273 e. The van der Waals surface area contributed by atoms with Crippen LogP contribution in [0, 0.1) is 23.2 Å². The molecule has 10 heteroatoms. The number of sulfonamides is 1. The first kappa shape index (κ1) is 21.9. The maximum absolute atomic E-state index is 12.9. The van der Waals surface area contributed by atoms with E-state index in [1.54, 1.807) is 0 Å². The zero-order valence-corrected chi connectivity index (χ0v) is 18.9. The monoisotopic (exact) mass is 473 g/mol. The Morgan fingerprint density at radius 2 is 1.50 bits per heavy atom. The van der Waals surface area contributed by atoms with Gasteiger partial charge < -0.3 is 0 Å². The van der Waals surface area contributed by atoms with Gasteiger partial charge in [0.25, 0.3) is 5.91 Å². The van der Waals surface area contributed by atoms with Gasteiger partial charge in [0, 0.05) is 0 Å². The predicted octanol–water partition coefficient (Wildman–Crippen LogP) is 3.02. The van der Waals surface area contributed by atoms with Crippen molar-refractivity contribution in [2.45, 2.75) is 56.4 Å². The molecule has 2 amide bonds. The molecule has 5 rings (SSSR count). The Balaban J connectivity index is 1.37. The van der Waals surface area contributed by atoms with Gasteiger partial charge in [-0.2, -0.15) is 4.72 Å². The SMILES string of the molecule is CC(NS(=O)(=O)c1c(Cl)cccc1Cl)C(=O)NNC(=O)C12CC3CC(CC(C3)C1)C2. The predicted molar refractivity (Wildman–Crippen MR) is 113 cm³/mol. The number of nitrogens with one attached hydrogen (secondary N) is 3. The normalized spacial score (nSPS) is 30.7. The molecular formula is C20H25Cl2N3O4S. The molecule has 0 aromatic heterocycles. The number of hydrogen-bond donors (Lipinski definition) is 3. The number of benzene rings is 1. The van der Waals surface area contributed by atoms with Crippen molar-refractivity contribution in [2.75, 3.05) is 0 Å². The Hall–Kier alpha value is -1.35. The van der Waals surface area contributed by atoms with Gasteiger partial charge in [0.2, 0.25) is 15.9 Å². The van der Waals surface area contributed by atoms with Crippen LogP contribution in [-0.2, 0) is 19.6 Å². The van der Waals surface area contributed by atoms with Crippen molar-refractivity contribution in [3.8, 4) is 0 Å².